The van der Waals surface area contributed by atoms with Gasteiger partial charge in [-0.1, -0.05) is 30.3 Å². The van der Waals surface area contributed by atoms with Gasteiger partial charge < -0.3 is 9.51 Å². The number of fused-ring (bicyclic) bond motifs is 1. The largest absolute Gasteiger partial charge is 0.360 e. The Morgan fingerprint density at radius 3 is 3.10 bits per heavy atom. The maximum absolute atomic E-state index is 5.46. The van der Waals surface area contributed by atoms with Crippen molar-refractivity contribution in [1.82, 2.24) is 20.0 Å². The van der Waals surface area contributed by atoms with Crippen LogP contribution in [-0.2, 0) is 0 Å². The van der Waals surface area contributed by atoms with Crippen molar-refractivity contribution >= 4 is 10.9 Å². The van der Waals surface area contributed by atoms with E-state index in [1.165, 1.54) is 0 Å². The summed E-state index contributed by atoms with van der Waals surface area (Å²) >= 11 is 0. The lowest BCUT2D eigenvalue weighted by Crippen LogP contribution is -2.40. The van der Waals surface area contributed by atoms with Gasteiger partial charge >= 0.3 is 0 Å². The highest BCUT2D eigenvalue weighted by molar-refractivity contribution is 5.93. The molecule has 0 amide bonds. The summed E-state index contributed by atoms with van der Waals surface area (Å²) in [6, 6.07) is 8.44. The zero-order valence-corrected chi connectivity index (χ0v) is 11.3. The molecule has 3 heterocycles. The minimum atomic E-state index is 0.298. The summed E-state index contributed by atoms with van der Waals surface area (Å²) in [5.74, 6) is 1.40. The molecule has 1 N–H and O–H groups in total. The molecule has 0 saturated carbocycles. The lowest BCUT2D eigenvalue weighted by atomic mass is 10.0. The van der Waals surface area contributed by atoms with E-state index in [4.69, 9.17) is 4.52 Å². The number of hydrogen-bond acceptors (Lipinski definition) is 4. The number of H-pyrrole nitrogens is 1. The van der Waals surface area contributed by atoms with Crippen molar-refractivity contribution in [3.8, 4) is 11.4 Å². The number of likely N-dealkylation sites (tertiary alicyclic amines) is 1. The Morgan fingerprint density at radius 2 is 2.30 bits per heavy atom. The second kappa shape index (κ2) is 4.45. The molecule has 1 atom stereocenters. The maximum Gasteiger partial charge on any atom is 0.244 e. The number of rotatable bonds is 3. The van der Waals surface area contributed by atoms with Gasteiger partial charge in [0.1, 0.15) is 0 Å². The van der Waals surface area contributed by atoms with Gasteiger partial charge in [0.15, 0.2) is 0 Å². The van der Waals surface area contributed by atoms with Crippen LogP contribution < -0.4 is 0 Å². The number of benzene rings is 1. The van der Waals surface area contributed by atoms with E-state index in [2.05, 4.69) is 33.0 Å². The molecule has 2 aromatic heterocycles. The highest BCUT2D eigenvalue weighted by atomic mass is 16.5. The van der Waals surface area contributed by atoms with Crippen LogP contribution in [-0.4, -0.2) is 33.1 Å². The molecular formula is C15H16N4O. The topological polar surface area (TPSA) is 58.0 Å². The zero-order valence-electron chi connectivity index (χ0n) is 11.3. The van der Waals surface area contributed by atoms with E-state index >= 15 is 0 Å². The monoisotopic (exact) mass is 268 g/mol. The molecular weight excluding hydrogens is 252 g/mol. The quantitative estimate of drug-likeness (QED) is 0.793. The molecule has 1 saturated heterocycles. The van der Waals surface area contributed by atoms with E-state index in [0.29, 0.717) is 11.9 Å². The highest BCUT2D eigenvalue weighted by Gasteiger charge is 2.32. The smallest absolute Gasteiger partial charge is 0.244 e. The van der Waals surface area contributed by atoms with Crippen LogP contribution in [0.1, 0.15) is 25.3 Å². The average molecular weight is 268 g/mol. The molecule has 20 heavy (non-hydrogen) atoms. The summed E-state index contributed by atoms with van der Waals surface area (Å²) in [4.78, 5) is 10.2. The first-order chi connectivity index (χ1) is 9.86. The van der Waals surface area contributed by atoms with Gasteiger partial charge in [0, 0.05) is 29.2 Å². The van der Waals surface area contributed by atoms with Crippen molar-refractivity contribution in [3.05, 3.63) is 36.4 Å². The van der Waals surface area contributed by atoms with Gasteiger partial charge in [-0.2, -0.15) is 4.98 Å². The van der Waals surface area contributed by atoms with Gasteiger partial charge in [-0.25, -0.2) is 0 Å². The van der Waals surface area contributed by atoms with Gasteiger partial charge in [-0.15, -0.1) is 0 Å². The number of nitrogens with zero attached hydrogens (tertiary/aromatic N) is 3. The van der Waals surface area contributed by atoms with Crippen LogP contribution >= 0.6 is 0 Å². The van der Waals surface area contributed by atoms with Crippen LogP contribution in [0.3, 0.4) is 0 Å². The third kappa shape index (κ3) is 1.67. The third-order valence-electron chi connectivity index (χ3n) is 4.09. The molecule has 5 nitrogen and oxygen atoms in total. The summed E-state index contributed by atoms with van der Waals surface area (Å²) in [7, 11) is 0. The van der Waals surface area contributed by atoms with E-state index in [1.54, 1.807) is 0 Å². The molecule has 1 unspecified atom stereocenters. The van der Waals surface area contributed by atoms with Crippen molar-refractivity contribution < 1.29 is 4.52 Å². The Morgan fingerprint density at radius 1 is 1.40 bits per heavy atom. The van der Waals surface area contributed by atoms with Crippen LogP contribution in [0.25, 0.3) is 22.3 Å². The Hall–Kier alpha value is -2.14. The Labute approximate surface area is 116 Å². The predicted molar refractivity (Wildman–Crippen MR) is 76.2 cm³/mol. The summed E-state index contributed by atoms with van der Waals surface area (Å²) in [6.07, 6.45) is 3.04. The van der Waals surface area contributed by atoms with E-state index in [0.717, 1.165) is 41.9 Å². The molecule has 1 aliphatic rings. The number of aromatic amines is 1. The standard InChI is InChI=1S/C15H16N4O/c1-2-19-8-7-13(19)15-17-14(18-20-15)11-9-16-12-6-4-3-5-10(11)12/h3-6,9,13,16H,2,7-8H2,1H3. The highest BCUT2D eigenvalue weighted by Crippen LogP contribution is 2.33. The first-order valence-corrected chi connectivity index (χ1v) is 7.01. The molecule has 0 aliphatic carbocycles. The normalized spacial score (nSPS) is 19.4. The van der Waals surface area contributed by atoms with E-state index < -0.39 is 0 Å². The Kier molecular flexibility index (Phi) is 2.60. The van der Waals surface area contributed by atoms with Crippen molar-refractivity contribution in [3.63, 3.8) is 0 Å². The Bertz CT molecular complexity index is 743. The minimum Gasteiger partial charge on any atom is -0.360 e. The van der Waals surface area contributed by atoms with E-state index in [1.807, 2.05) is 24.4 Å². The van der Waals surface area contributed by atoms with Crippen LogP contribution in [0.15, 0.2) is 35.0 Å². The van der Waals surface area contributed by atoms with Gasteiger partial charge in [0.25, 0.3) is 0 Å². The molecule has 0 radical (unpaired) electrons. The number of aromatic nitrogens is 3. The van der Waals surface area contributed by atoms with Crippen LogP contribution in [0, 0.1) is 0 Å². The fraction of sp³-hybridized carbons (Fsp3) is 0.333. The Balaban J connectivity index is 1.71. The number of nitrogens with one attached hydrogen (secondary N) is 1. The first kappa shape index (κ1) is 11.7. The van der Waals surface area contributed by atoms with Crippen LogP contribution in [0.2, 0.25) is 0 Å². The van der Waals surface area contributed by atoms with Crippen LogP contribution in [0.4, 0.5) is 0 Å². The fourth-order valence-corrected chi connectivity index (χ4v) is 2.84. The zero-order chi connectivity index (χ0) is 13.5. The fourth-order valence-electron chi connectivity index (χ4n) is 2.84. The molecule has 0 bridgehead atoms. The molecule has 1 aliphatic heterocycles. The van der Waals surface area contributed by atoms with Gasteiger partial charge in [0.2, 0.25) is 11.7 Å². The number of para-hydroxylation sites is 1. The van der Waals surface area contributed by atoms with Crippen molar-refractivity contribution in [2.24, 2.45) is 0 Å². The van der Waals surface area contributed by atoms with Gasteiger partial charge in [-0.05, 0) is 19.0 Å². The second-order valence-electron chi connectivity index (χ2n) is 5.14. The molecule has 0 spiro atoms. The number of hydrogen-bond donors (Lipinski definition) is 1. The minimum absolute atomic E-state index is 0.298. The summed E-state index contributed by atoms with van der Waals surface area (Å²) in [6.45, 7) is 4.30. The van der Waals surface area contributed by atoms with Crippen molar-refractivity contribution in [1.29, 1.82) is 0 Å². The average Bonchev–Trinajstić information content (AvgIpc) is 3.04. The lowest BCUT2D eigenvalue weighted by molar-refractivity contribution is 0.0705. The van der Waals surface area contributed by atoms with Crippen molar-refractivity contribution in [2.45, 2.75) is 19.4 Å². The predicted octanol–water partition coefficient (Wildman–Crippen LogP) is 2.98. The molecule has 5 heteroatoms. The van der Waals surface area contributed by atoms with Crippen LogP contribution in [0.5, 0.6) is 0 Å². The maximum atomic E-state index is 5.46. The van der Waals surface area contributed by atoms with E-state index in [-0.39, 0.29) is 0 Å². The molecule has 1 aromatic carbocycles. The summed E-state index contributed by atoms with van der Waals surface area (Å²) in [5, 5.41) is 5.27. The first-order valence-electron chi connectivity index (χ1n) is 7.01. The molecule has 4 rings (SSSR count). The molecule has 1 fully saturated rings. The third-order valence-corrected chi connectivity index (χ3v) is 4.09. The second-order valence-corrected chi connectivity index (χ2v) is 5.14. The van der Waals surface area contributed by atoms with E-state index in [9.17, 15) is 0 Å². The molecule has 3 aromatic rings. The van der Waals surface area contributed by atoms with Gasteiger partial charge in [-0.3, -0.25) is 4.90 Å². The van der Waals surface area contributed by atoms with Crippen molar-refractivity contribution in [2.75, 3.05) is 13.1 Å². The molecule has 102 valence electrons. The SMILES string of the molecule is CCN1CCC1c1nc(-c2c[nH]c3ccccc23)no1. The summed E-state index contributed by atoms with van der Waals surface area (Å²) < 4.78 is 5.46. The lowest BCUT2D eigenvalue weighted by Gasteiger charge is -2.37. The summed E-state index contributed by atoms with van der Waals surface area (Å²) in [5.41, 5.74) is 2.09. The van der Waals surface area contributed by atoms with Gasteiger partial charge in [0.05, 0.1) is 6.04 Å².